The van der Waals surface area contributed by atoms with Gasteiger partial charge in [0.2, 0.25) is 0 Å². The number of nitrogens with zero attached hydrogens (tertiary/aromatic N) is 1. The van der Waals surface area contributed by atoms with Gasteiger partial charge in [0.1, 0.15) is 28.0 Å². The highest BCUT2D eigenvalue weighted by Crippen LogP contribution is 2.26. The van der Waals surface area contributed by atoms with Crippen LogP contribution in [0.1, 0.15) is 23.0 Å². The summed E-state index contributed by atoms with van der Waals surface area (Å²) in [5.41, 5.74) is 2.16. The van der Waals surface area contributed by atoms with E-state index in [0.717, 1.165) is 21.9 Å². The lowest BCUT2D eigenvalue weighted by molar-refractivity contribution is 0.0946. The molecule has 0 atom stereocenters. The van der Waals surface area contributed by atoms with Crippen molar-refractivity contribution in [2.45, 2.75) is 13.5 Å². The summed E-state index contributed by atoms with van der Waals surface area (Å²) in [6.45, 7) is 2.88. The molecule has 146 valence electrons. The van der Waals surface area contributed by atoms with Gasteiger partial charge in [0.15, 0.2) is 0 Å². The van der Waals surface area contributed by atoms with Gasteiger partial charge < -0.3 is 19.5 Å². The highest BCUT2D eigenvalue weighted by Gasteiger charge is 2.13. The first-order valence-corrected chi connectivity index (χ1v) is 9.70. The lowest BCUT2D eigenvalue weighted by Crippen LogP contribution is -2.23. The van der Waals surface area contributed by atoms with Gasteiger partial charge in [0, 0.05) is 23.1 Å². The third-order valence-corrected chi connectivity index (χ3v) is 4.97. The van der Waals surface area contributed by atoms with Crippen LogP contribution in [-0.2, 0) is 6.54 Å². The molecule has 3 aromatic rings. The summed E-state index contributed by atoms with van der Waals surface area (Å²) < 4.78 is 16.0. The van der Waals surface area contributed by atoms with Gasteiger partial charge in [0.05, 0.1) is 20.8 Å². The van der Waals surface area contributed by atoms with Gasteiger partial charge in [-0.15, -0.1) is 11.3 Å². The number of ether oxygens (including phenoxy) is 3. The number of rotatable bonds is 8. The van der Waals surface area contributed by atoms with E-state index in [2.05, 4.69) is 10.3 Å². The molecule has 0 aliphatic carbocycles. The molecule has 0 saturated heterocycles. The second-order valence-corrected chi connectivity index (χ2v) is 6.71. The number of nitrogens with one attached hydrogen (secondary N) is 1. The van der Waals surface area contributed by atoms with Crippen molar-refractivity contribution < 1.29 is 19.0 Å². The molecule has 6 nitrogen and oxygen atoms in total. The molecule has 7 heteroatoms. The summed E-state index contributed by atoms with van der Waals surface area (Å²) in [4.78, 5) is 17.0. The number of carbonyl (C=O) groups is 1. The van der Waals surface area contributed by atoms with Gasteiger partial charge in [0.25, 0.3) is 5.91 Å². The van der Waals surface area contributed by atoms with Crippen LogP contribution in [0.3, 0.4) is 0 Å². The quantitative estimate of drug-likeness (QED) is 0.617. The van der Waals surface area contributed by atoms with Crippen molar-refractivity contribution in [1.29, 1.82) is 0 Å². The first-order chi connectivity index (χ1) is 13.6. The van der Waals surface area contributed by atoms with E-state index >= 15 is 0 Å². The Kier molecular flexibility index (Phi) is 6.49. The molecule has 0 bridgehead atoms. The molecule has 1 amide bonds. The van der Waals surface area contributed by atoms with E-state index in [1.807, 2.05) is 49.4 Å². The van der Waals surface area contributed by atoms with Crippen LogP contribution in [0.25, 0.3) is 10.6 Å². The Labute approximate surface area is 168 Å². The maximum atomic E-state index is 12.5. The predicted molar refractivity (Wildman–Crippen MR) is 109 cm³/mol. The fourth-order valence-electron chi connectivity index (χ4n) is 2.66. The van der Waals surface area contributed by atoms with Crippen LogP contribution in [0.15, 0.2) is 47.8 Å². The lowest BCUT2D eigenvalue weighted by Gasteiger charge is -2.11. The lowest BCUT2D eigenvalue weighted by atomic mass is 10.2. The zero-order valence-corrected chi connectivity index (χ0v) is 16.8. The van der Waals surface area contributed by atoms with Gasteiger partial charge in [-0.05, 0) is 49.4 Å². The molecular weight excluding hydrogens is 376 g/mol. The Morgan fingerprint density at radius 3 is 2.50 bits per heavy atom. The van der Waals surface area contributed by atoms with Crippen LogP contribution < -0.4 is 19.5 Å². The summed E-state index contributed by atoms with van der Waals surface area (Å²) in [5.74, 6) is 1.97. The van der Waals surface area contributed by atoms with Gasteiger partial charge in [-0.3, -0.25) is 4.79 Å². The Hall–Kier alpha value is -3.06. The van der Waals surface area contributed by atoms with E-state index in [4.69, 9.17) is 14.2 Å². The maximum absolute atomic E-state index is 12.5. The molecule has 0 aliphatic rings. The number of thiazole rings is 1. The van der Waals surface area contributed by atoms with Crippen LogP contribution in [0.2, 0.25) is 0 Å². The van der Waals surface area contributed by atoms with E-state index < -0.39 is 0 Å². The van der Waals surface area contributed by atoms with E-state index in [0.29, 0.717) is 30.3 Å². The minimum absolute atomic E-state index is 0.238. The van der Waals surface area contributed by atoms with Crippen LogP contribution >= 0.6 is 11.3 Å². The van der Waals surface area contributed by atoms with E-state index in [1.54, 1.807) is 19.6 Å². The van der Waals surface area contributed by atoms with Crippen LogP contribution in [0, 0.1) is 0 Å². The van der Waals surface area contributed by atoms with Crippen molar-refractivity contribution in [3.05, 3.63) is 59.1 Å². The average Bonchev–Trinajstić information content (AvgIpc) is 3.23. The summed E-state index contributed by atoms with van der Waals surface area (Å²) in [6.07, 6.45) is 0. The van der Waals surface area contributed by atoms with Gasteiger partial charge >= 0.3 is 0 Å². The minimum atomic E-state index is -0.238. The minimum Gasteiger partial charge on any atom is -0.497 e. The first-order valence-electron chi connectivity index (χ1n) is 8.82. The number of hydrogen-bond donors (Lipinski definition) is 1. The molecule has 0 unspecified atom stereocenters. The topological polar surface area (TPSA) is 69.7 Å². The van der Waals surface area contributed by atoms with Crippen molar-refractivity contribution >= 4 is 17.2 Å². The standard InChI is InChI=1S/C21H22N2O4S/c1-4-27-16-7-5-14(6-8-16)21-23-18(13-28-21)20(24)22-12-15-11-17(25-2)9-10-19(15)26-3/h5-11,13H,4,12H2,1-3H3,(H,22,24). The molecule has 0 fully saturated rings. The number of methoxy groups -OCH3 is 2. The van der Waals surface area contributed by atoms with E-state index in [9.17, 15) is 4.79 Å². The molecular formula is C21H22N2O4S. The van der Waals surface area contributed by atoms with Crippen LogP contribution in [0.5, 0.6) is 17.2 Å². The Balaban J connectivity index is 1.67. The average molecular weight is 398 g/mol. The fourth-order valence-corrected chi connectivity index (χ4v) is 3.46. The fraction of sp³-hybridized carbons (Fsp3) is 0.238. The van der Waals surface area contributed by atoms with Crippen molar-refractivity contribution in [3.8, 4) is 27.8 Å². The van der Waals surface area contributed by atoms with Crippen LogP contribution in [0.4, 0.5) is 0 Å². The van der Waals surface area contributed by atoms with E-state index in [1.165, 1.54) is 11.3 Å². The Morgan fingerprint density at radius 1 is 1.07 bits per heavy atom. The number of carbonyl (C=O) groups excluding carboxylic acids is 1. The number of aromatic nitrogens is 1. The maximum Gasteiger partial charge on any atom is 0.271 e. The summed E-state index contributed by atoms with van der Waals surface area (Å²) >= 11 is 1.43. The molecule has 1 N–H and O–H groups in total. The summed E-state index contributed by atoms with van der Waals surface area (Å²) in [7, 11) is 3.19. The molecule has 0 radical (unpaired) electrons. The smallest absolute Gasteiger partial charge is 0.271 e. The van der Waals surface area contributed by atoms with E-state index in [-0.39, 0.29) is 5.91 Å². The second kappa shape index (κ2) is 9.23. The summed E-state index contributed by atoms with van der Waals surface area (Å²) in [5, 5.41) is 5.42. The molecule has 0 spiro atoms. The van der Waals surface area contributed by atoms with Crippen LogP contribution in [-0.4, -0.2) is 31.7 Å². The zero-order chi connectivity index (χ0) is 19.9. The number of benzene rings is 2. The van der Waals surface area contributed by atoms with Crippen molar-refractivity contribution in [1.82, 2.24) is 10.3 Å². The molecule has 1 heterocycles. The molecule has 1 aromatic heterocycles. The molecule has 28 heavy (non-hydrogen) atoms. The third-order valence-electron chi connectivity index (χ3n) is 4.08. The second-order valence-electron chi connectivity index (χ2n) is 5.86. The molecule has 0 aliphatic heterocycles. The van der Waals surface area contributed by atoms with Gasteiger partial charge in [-0.2, -0.15) is 0 Å². The summed E-state index contributed by atoms with van der Waals surface area (Å²) in [6, 6.07) is 13.1. The molecule has 3 rings (SSSR count). The predicted octanol–water partition coefficient (Wildman–Crippen LogP) is 4.16. The Morgan fingerprint density at radius 2 is 1.82 bits per heavy atom. The number of hydrogen-bond acceptors (Lipinski definition) is 6. The van der Waals surface area contributed by atoms with Crippen molar-refractivity contribution in [2.24, 2.45) is 0 Å². The zero-order valence-electron chi connectivity index (χ0n) is 16.0. The highest BCUT2D eigenvalue weighted by atomic mass is 32.1. The first kappa shape index (κ1) is 19.7. The third kappa shape index (κ3) is 4.61. The normalized spacial score (nSPS) is 10.4. The highest BCUT2D eigenvalue weighted by molar-refractivity contribution is 7.13. The van der Waals surface area contributed by atoms with Crippen molar-refractivity contribution in [2.75, 3.05) is 20.8 Å². The van der Waals surface area contributed by atoms with Crippen molar-refractivity contribution in [3.63, 3.8) is 0 Å². The van der Waals surface area contributed by atoms with Gasteiger partial charge in [-0.1, -0.05) is 0 Å². The van der Waals surface area contributed by atoms with Gasteiger partial charge in [-0.25, -0.2) is 4.98 Å². The monoisotopic (exact) mass is 398 g/mol. The number of amides is 1. The Bertz CT molecular complexity index is 938. The molecule has 2 aromatic carbocycles. The SMILES string of the molecule is CCOc1ccc(-c2nc(C(=O)NCc3cc(OC)ccc3OC)cs2)cc1. The molecule has 0 saturated carbocycles. The largest absolute Gasteiger partial charge is 0.497 e.